The second-order valence-electron chi connectivity index (χ2n) is 11.6. The number of hydrogen-bond acceptors (Lipinski definition) is 10. The zero-order chi connectivity index (χ0) is 31.7. The van der Waals surface area contributed by atoms with Crippen LogP contribution in [0.25, 0.3) is 32.0 Å². The number of halogens is 3. The second kappa shape index (κ2) is 12.5. The molecule has 0 saturated heterocycles. The van der Waals surface area contributed by atoms with Gasteiger partial charge in [-0.1, -0.05) is 43.3 Å². The van der Waals surface area contributed by atoms with Crippen molar-refractivity contribution in [2.75, 3.05) is 0 Å². The van der Waals surface area contributed by atoms with E-state index in [0.29, 0.717) is 34.8 Å². The molecule has 1 atom stereocenters. The number of rotatable bonds is 11. The van der Waals surface area contributed by atoms with E-state index in [2.05, 4.69) is 15.1 Å². The summed E-state index contributed by atoms with van der Waals surface area (Å²) in [6.07, 6.45) is 4.56. The van der Waals surface area contributed by atoms with E-state index in [1.165, 1.54) is 36.2 Å². The Bertz CT molecular complexity index is 1750. The third-order valence-electron chi connectivity index (χ3n) is 7.64. The summed E-state index contributed by atoms with van der Waals surface area (Å²) in [5.41, 5.74) is 0.613. The summed E-state index contributed by atoms with van der Waals surface area (Å²) >= 11 is 1.32. The zero-order valence-corrected chi connectivity index (χ0v) is 26.0. The van der Waals surface area contributed by atoms with Crippen LogP contribution in [-0.2, 0) is 32.4 Å². The Balaban J connectivity index is 1.58. The maximum absolute atomic E-state index is 13.2. The standard InChI is InChI=1S/C29H32F3N5O5S2/c1-17(29(30,31)32)37-44(39,40)23-10-9-20(19-11-12-33-15-21(19)23)25-22(13-18-7-5-4-6-8-18)34-27(43-25)26-35-24(42-36-26)14-28(2,3)41-16-38/h9-12,15-18,37H,4-8,13-14H2,1-3H3/t17-/m0/s1. The van der Waals surface area contributed by atoms with E-state index in [0.717, 1.165) is 43.2 Å². The summed E-state index contributed by atoms with van der Waals surface area (Å²) in [4.78, 5) is 24.8. The number of thiazole rings is 1. The van der Waals surface area contributed by atoms with Gasteiger partial charge in [0.15, 0.2) is 5.01 Å². The summed E-state index contributed by atoms with van der Waals surface area (Å²) in [5, 5.41) is 5.29. The maximum Gasteiger partial charge on any atom is 0.404 e. The molecule has 0 radical (unpaired) electrons. The highest BCUT2D eigenvalue weighted by Gasteiger charge is 2.39. The molecule has 44 heavy (non-hydrogen) atoms. The van der Waals surface area contributed by atoms with Crippen molar-refractivity contribution in [3.05, 3.63) is 42.2 Å². The first kappa shape index (κ1) is 32.0. The van der Waals surface area contributed by atoms with Gasteiger partial charge < -0.3 is 9.26 Å². The maximum atomic E-state index is 13.2. The van der Waals surface area contributed by atoms with Gasteiger partial charge in [-0.15, -0.1) is 11.3 Å². The number of pyridine rings is 1. The monoisotopic (exact) mass is 651 g/mol. The minimum atomic E-state index is -4.75. The molecule has 1 aliphatic carbocycles. The molecule has 1 aliphatic rings. The van der Waals surface area contributed by atoms with Crippen LogP contribution in [0.15, 0.2) is 40.0 Å². The van der Waals surface area contributed by atoms with Crippen molar-refractivity contribution < 1.29 is 35.6 Å². The summed E-state index contributed by atoms with van der Waals surface area (Å²) < 4.78 is 78.1. The number of benzene rings is 1. The molecular weight excluding hydrogens is 619 g/mol. The molecule has 0 aliphatic heterocycles. The van der Waals surface area contributed by atoms with Crippen LogP contribution in [0.3, 0.4) is 0 Å². The SMILES string of the molecule is C[C@H](NS(=O)(=O)c1ccc(-c2sc(-c3noc(CC(C)(C)OC=O)n3)nc2CC2CCCCC2)c2ccncc12)C(F)(F)F. The molecule has 10 nitrogen and oxygen atoms in total. The third kappa shape index (κ3) is 7.10. The topological polar surface area (TPSA) is 137 Å². The predicted octanol–water partition coefficient (Wildman–Crippen LogP) is 6.25. The van der Waals surface area contributed by atoms with Gasteiger partial charge in [-0.05, 0) is 50.6 Å². The molecule has 1 aromatic carbocycles. The van der Waals surface area contributed by atoms with Crippen LogP contribution in [-0.4, -0.2) is 52.8 Å². The van der Waals surface area contributed by atoms with Gasteiger partial charge >= 0.3 is 6.18 Å². The second-order valence-corrected chi connectivity index (χ2v) is 14.3. The first-order valence-electron chi connectivity index (χ1n) is 14.2. The number of nitrogens with zero attached hydrogens (tertiary/aromatic N) is 4. The smallest absolute Gasteiger partial charge is 0.404 e. The molecule has 236 valence electrons. The van der Waals surface area contributed by atoms with Crippen molar-refractivity contribution >= 4 is 38.6 Å². The minimum absolute atomic E-state index is 0.185. The van der Waals surface area contributed by atoms with Crippen LogP contribution >= 0.6 is 11.3 Å². The van der Waals surface area contributed by atoms with Crippen molar-refractivity contribution in [1.82, 2.24) is 24.8 Å². The van der Waals surface area contributed by atoms with Crippen LogP contribution in [0.4, 0.5) is 13.2 Å². The quantitative estimate of drug-likeness (QED) is 0.187. The highest BCUT2D eigenvalue weighted by molar-refractivity contribution is 7.89. The lowest BCUT2D eigenvalue weighted by Gasteiger charge is -2.21. The van der Waals surface area contributed by atoms with E-state index in [-0.39, 0.29) is 28.4 Å². The van der Waals surface area contributed by atoms with Crippen molar-refractivity contribution in [2.45, 2.75) is 88.4 Å². The predicted molar refractivity (Wildman–Crippen MR) is 157 cm³/mol. The van der Waals surface area contributed by atoms with Gasteiger partial charge in [0.05, 0.1) is 21.9 Å². The number of hydrogen-bond donors (Lipinski definition) is 1. The van der Waals surface area contributed by atoms with Crippen molar-refractivity contribution in [3.8, 4) is 21.3 Å². The number of carbonyl (C=O) groups is 1. The molecule has 0 bridgehead atoms. The molecule has 3 aromatic heterocycles. The van der Waals surface area contributed by atoms with Gasteiger partial charge in [0, 0.05) is 23.3 Å². The number of carbonyl (C=O) groups excluding carboxylic acids is 1. The molecule has 0 unspecified atom stereocenters. The fraction of sp³-hybridized carbons (Fsp3) is 0.483. The molecule has 3 heterocycles. The number of alkyl halides is 3. The average molecular weight is 652 g/mol. The van der Waals surface area contributed by atoms with Crippen molar-refractivity contribution in [3.63, 3.8) is 0 Å². The Kier molecular flexibility index (Phi) is 9.10. The highest BCUT2D eigenvalue weighted by Crippen LogP contribution is 2.42. The van der Waals surface area contributed by atoms with Crippen LogP contribution in [0.1, 0.15) is 64.5 Å². The van der Waals surface area contributed by atoms with Crippen LogP contribution in [0.5, 0.6) is 0 Å². The Morgan fingerprint density at radius 3 is 2.59 bits per heavy atom. The van der Waals surface area contributed by atoms with E-state index in [1.54, 1.807) is 30.7 Å². The Morgan fingerprint density at radius 2 is 1.89 bits per heavy atom. The van der Waals surface area contributed by atoms with Gasteiger partial charge in [-0.25, -0.2) is 13.4 Å². The third-order valence-corrected chi connectivity index (χ3v) is 10.4. The summed E-state index contributed by atoms with van der Waals surface area (Å²) in [6, 6.07) is 2.26. The molecule has 1 N–H and O–H groups in total. The van der Waals surface area contributed by atoms with Gasteiger partial charge in [-0.2, -0.15) is 22.9 Å². The first-order chi connectivity index (χ1) is 20.8. The highest BCUT2D eigenvalue weighted by atomic mass is 32.2. The minimum Gasteiger partial charge on any atom is -0.461 e. The fourth-order valence-electron chi connectivity index (χ4n) is 5.37. The summed E-state index contributed by atoms with van der Waals surface area (Å²) in [5.74, 6) is 0.947. The fourth-order valence-corrected chi connectivity index (χ4v) is 7.85. The van der Waals surface area contributed by atoms with E-state index in [4.69, 9.17) is 14.2 Å². The Hall–Kier alpha value is -3.43. The number of ether oxygens (including phenoxy) is 1. The lowest BCUT2D eigenvalue weighted by Crippen LogP contribution is -2.43. The van der Waals surface area contributed by atoms with Crippen LogP contribution in [0, 0.1) is 5.92 Å². The van der Waals surface area contributed by atoms with E-state index < -0.39 is 27.8 Å². The van der Waals surface area contributed by atoms with E-state index in [1.807, 2.05) is 0 Å². The average Bonchev–Trinajstić information content (AvgIpc) is 3.59. The number of sulfonamides is 1. The summed E-state index contributed by atoms with van der Waals surface area (Å²) in [6.45, 7) is 4.56. The van der Waals surface area contributed by atoms with Gasteiger partial charge in [0.1, 0.15) is 11.6 Å². The number of fused-ring (bicyclic) bond motifs is 1. The molecule has 15 heteroatoms. The normalized spacial score (nSPS) is 15.9. The molecule has 0 amide bonds. The van der Waals surface area contributed by atoms with Crippen LogP contribution < -0.4 is 4.72 Å². The first-order valence-corrected chi connectivity index (χ1v) is 16.5. The molecule has 4 aromatic rings. The molecule has 1 saturated carbocycles. The lowest BCUT2D eigenvalue weighted by molar-refractivity contribution is -0.147. The van der Waals surface area contributed by atoms with Gasteiger partial charge in [-0.3, -0.25) is 9.78 Å². The molecule has 5 rings (SSSR count). The van der Waals surface area contributed by atoms with Gasteiger partial charge in [0.25, 0.3) is 6.47 Å². The lowest BCUT2D eigenvalue weighted by atomic mass is 9.85. The van der Waals surface area contributed by atoms with Gasteiger partial charge in [0.2, 0.25) is 21.7 Å². The van der Waals surface area contributed by atoms with Crippen LogP contribution in [0.2, 0.25) is 0 Å². The number of nitrogens with one attached hydrogen (secondary N) is 1. The van der Waals surface area contributed by atoms with E-state index in [9.17, 15) is 26.4 Å². The van der Waals surface area contributed by atoms with E-state index >= 15 is 0 Å². The molecule has 1 fully saturated rings. The zero-order valence-electron chi connectivity index (χ0n) is 24.3. The van der Waals surface area contributed by atoms with Crippen molar-refractivity contribution in [1.29, 1.82) is 0 Å². The largest absolute Gasteiger partial charge is 0.461 e. The summed E-state index contributed by atoms with van der Waals surface area (Å²) in [7, 11) is -4.54. The Labute approximate surface area is 256 Å². The Morgan fingerprint density at radius 1 is 1.14 bits per heavy atom. The molecular formula is C29H32F3N5O5S2. The number of aromatic nitrogens is 4. The van der Waals surface area contributed by atoms with Crippen molar-refractivity contribution in [2.24, 2.45) is 5.92 Å². The molecule has 0 spiro atoms.